The van der Waals surface area contributed by atoms with Crippen LogP contribution in [0.15, 0.2) is 59.5 Å². The molecule has 2 aromatic rings. The van der Waals surface area contributed by atoms with Crippen molar-refractivity contribution >= 4 is 40.3 Å². The minimum atomic E-state index is -0.0654. The topological polar surface area (TPSA) is 29.5 Å². The van der Waals surface area contributed by atoms with E-state index < -0.39 is 0 Å². The summed E-state index contributed by atoms with van der Waals surface area (Å²) in [5.41, 5.74) is 0.905. The van der Waals surface area contributed by atoms with E-state index in [-0.39, 0.29) is 5.91 Å². The van der Waals surface area contributed by atoms with Gasteiger partial charge in [0.2, 0.25) is 0 Å². The van der Waals surface area contributed by atoms with Gasteiger partial charge in [0.05, 0.1) is 4.91 Å². The highest BCUT2D eigenvalue weighted by Gasteiger charge is 2.28. The van der Waals surface area contributed by atoms with Crippen LogP contribution in [0.5, 0.6) is 11.5 Å². The van der Waals surface area contributed by atoms with E-state index in [0.29, 0.717) is 9.23 Å². The molecule has 5 heteroatoms. The van der Waals surface area contributed by atoms with Crippen molar-refractivity contribution in [3.63, 3.8) is 0 Å². The van der Waals surface area contributed by atoms with Crippen LogP contribution in [0.3, 0.4) is 0 Å². The Kier molecular flexibility index (Phi) is 4.27. The van der Waals surface area contributed by atoms with Gasteiger partial charge in [-0.3, -0.25) is 9.69 Å². The SMILES string of the molecule is CN1C(=O)C(=Cc2cccc(Oc3ccccc3)c2)SC1=S. The van der Waals surface area contributed by atoms with Crippen molar-refractivity contribution in [1.82, 2.24) is 4.90 Å². The fourth-order valence-corrected chi connectivity index (χ4v) is 3.17. The lowest BCUT2D eigenvalue weighted by molar-refractivity contribution is -0.121. The number of hydrogen-bond donors (Lipinski definition) is 0. The molecular formula is C17H13NO2S2. The Morgan fingerprint density at radius 1 is 1.09 bits per heavy atom. The second-order valence-corrected chi connectivity index (χ2v) is 6.40. The number of amides is 1. The molecule has 0 aliphatic carbocycles. The van der Waals surface area contributed by atoms with E-state index in [2.05, 4.69) is 0 Å². The zero-order valence-corrected chi connectivity index (χ0v) is 13.5. The molecule has 0 saturated carbocycles. The van der Waals surface area contributed by atoms with Crippen LogP contribution in [-0.4, -0.2) is 22.2 Å². The second kappa shape index (κ2) is 6.34. The molecule has 0 atom stereocenters. The van der Waals surface area contributed by atoms with Gasteiger partial charge in [-0.1, -0.05) is 54.3 Å². The van der Waals surface area contributed by atoms with Crippen LogP contribution in [0.2, 0.25) is 0 Å². The molecule has 110 valence electrons. The first-order valence-electron chi connectivity index (χ1n) is 6.68. The third kappa shape index (κ3) is 3.21. The molecule has 3 rings (SSSR count). The van der Waals surface area contributed by atoms with E-state index in [9.17, 15) is 4.79 Å². The highest BCUT2D eigenvalue weighted by molar-refractivity contribution is 8.26. The minimum Gasteiger partial charge on any atom is -0.457 e. The van der Waals surface area contributed by atoms with Gasteiger partial charge in [-0.2, -0.15) is 0 Å². The minimum absolute atomic E-state index is 0.0654. The van der Waals surface area contributed by atoms with E-state index in [1.165, 1.54) is 16.7 Å². The molecule has 1 fully saturated rings. The van der Waals surface area contributed by atoms with Crippen molar-refractivity contribution in [1.29, 1.82) is 0 Å². The van der Waals surface area contributed by atoms with E-state index in [4.69, 9.17) is 17.0 Å². The van der Waals surface area contributed by atoms with Gasteiger partial charge in [0.15, 0.2) is 0 Å². The molecule has 1 amide bonds. The van der Waals surface area contributed by atoms with Gasteiger partial charge < -0.3 is 4.74 Å². The average Bonchev–Trinajstić information content (AvgIpc) is 2.76. The van der Waals surface area contributed by atoms with Gasteiger partial charge in [-0.05, 0) is 35.9 Å². The van der Waals surface area contributed by atoms with E-state index in [1.54, 1.807) is 7.05 Å². The first kappa shape index (κ1) is 14.8. The number of thioether (sulfide) groups is 1. The van der Waals surface area contributed by atoms with Crippen LogP contribution >= 0.6 is 24.0 Å². The third-order valence-corrected chi connectivity index (χ3v) is 4.61. The largest absolute Gasteiger partial charge is 0.457 e. The lowest BCUT2D eigenvalue weighted by Gasteiger charge is -2.06. The maximum Gasteiger partial charge on any atom is 0.265 e. The van der Waals surface area contributed by atoms with Gasteiger partial charge >= 0.3 is 0 Å². The smallest absolute Gasteiger partial charge is 0.265 e. The van der Waals surface area contributed by atoms with Crippen molar-refractivity contribution in [2.75, 3.05) is 7.05 Å². The molecule has 0 bridgehead atoms. The number of thiocarbonyl (C=S) groups is 1. The lowest BCUT2D eigenvalue weighted by Crippen LogP contribution is -2.22. The van der Waals surface area contributed by atoms with Crippen molar-refractivity contribution < 1.29 is 9.53 Å². The Hall–Kier alpha value is -2.11. The third-order valence-electron chi connectivity index (χ3n) is 3.12. The number of nitrogens with zero attached hydrogens (tertiary/aromatic N) is 1. The maximum absolute atomic E-state index is 12.0. The van der Waals surface area contributed by atoms with Crippen molar-refractivity contribution in [3.8, 4) is 11.5 Å². The number of hydrogen-bond acceptors (Lipinski definition) is 4. The maximum atomic E-state index is 12.0. The fourth-order valence-electron chi connectivity index (χ4n) is 1.99. The Morgan fingerprint density at radius 3 is 2.50 bits per heavy atom. The van der Waals surface area contributed by atoms with Crippen molar-refractivity contribution in [2.45, 2.75) is 0 Å². The molecule has 1 heterocycles. The monoisotopic (exact) mass is 327 g/mol. The van der Waals surface area contributed by atoms with E-state index >= 15 is 0 Å². The second-order valence-electron chi connectivity index (χ2n) is 4.73. The van der Waals surface area contributed by atoms with E-state index in [0.717, 1.165) is 17.1 Å². The molecule has 22 heavy (non-hydrogen) atoms. The van der Waals surface area contributed by atoms with Crippen LogP contribution in [-0.2, 0) is 4.79 Å². The van der Waals surface area contributed by atoms with Crippen LogP contribution < -0.4 is 4.74 Å². The molecule has 0 radical (unpaired) electrons. The first-order chi connectivity index (χ1) is 10.6. The number of para-hydroxylation sites is 1. The summed E-state index contributed by atoms with van der Waals surface area (Å²) in [7, 11) is 1.69. The van der Waals surface area contributed by atoms with Gasteiger partial charge in [0, 0.05) is 7.05 Å². The molecule has 2 aromatic carbocycles. The fraction of sp³-hybridized carbons (Fsp3) is 0.0588. The zero-order chi connectivity index (χ0) is 15.5. The van der Waals surface area contributed by atoms with Crippen molar-refractivity contribution in [2.24, 2.45) is 0 Å². The summed E-state index contributed by atoms with van der Waals surface area (Å²) in [6.07, 6.45) is 1.83. The number of rotatable bonds is 3. The zero-order valence-electron chi connectivity index (χ0n) is 11.9. The Labute approximate surface area is 138 Å². The molecule has 3 nitrogen and oxygen atoms in total. The summed E-state index contributed by atoms with van der Waals surface area (Å²) in [6.45, 7) is 0. The number of benzene rings is 2. The predicted octanol–water partition coefficient (Wildman–Crippen LogP) is 4.31. The van der Waals surface area contributed by atoms with Crippen molar-refractivity contribution in [3.05, 3.63) is 65.1 Å². The van der Waals surface area contributed by atoms with Crippen LogP contribution in [0.4, 0.5) is 0 Å². The quantitative estimate of drug-likeness (QED) is 0.620. The number of carbonyl (C=O) groups is 1. The standard InChI is InChI=1S/C17H13NO2S2/c1-18-16(19)15(22-17(18)21)11-12-6-5-9-14(10-12)20-13-7-3-2-4-8-13/h2-11H,1H3. The summed E-state index contributed by atoms with van der Waals surface area (Å²) in [6, 6.07) is 17.2. The Bertz CT molecular complexity index is 756. The summed E-state index contributed by atoms with van der Waals surface area (Å²) >= 11 is 6.44. The summed E-state index contributed by atoms with van der Waals surface area (Å²) in [5, 5.41) is 0. The lowest BCUT2D eigenvalue weighted by atomic mass is 10.2. The van der Waals surface area contributed by atoms with Gasteiger partial charge in [0.1, 0.15) is 15.8 Å². The summed E-state index contributed by atoms with van der Waals surface area (Å²) in [5.74, 6) is 1.44. The molecule has 1 saturated heterocycles. The number of ether oxygens (including phenoxy) is 1. The predicted molar refractivity (Wildman–Crippen MR) is 93.9 cm³/mol. The number of carbonyl (C=O) groups excluding carboxylic acids is 1. The van der Waals surface area contributed by atoms with E-state index in [1.807, 2.05) is 60.7 Å². The van der Waals surface area contributed by atoms with Crippen LogP contribution in [0.25, 0.3) is 6.08 Å². The highest BCUT2D eigenvalue weighted by Crippen LogP contribution is 2.32. The molecule has 0 aromatic heterocycles. The molecule has 1 aliphatic rings. The van der Waals surface area contributed by atoms with Gasteiger partial charge in [0.25, 0.3) is 5.91 Å². The van der Waals surface area contributed by atoms with Gasteiger partial charge in [-0.15, -0.1) is 0 Å². The average molecular weight is 327 g/mol. The Morgan fingerprint density at radius 2 is 1.82 bits per heavy atom. The highest BCUT2D eigenvalue weighted by atomic mass is 32.2. The molecule has 0 spiro atoms. The first-order valence-corrected chi connectivity index (χ1v) is 7.90. The summed E-state index contributed by atoms with van der Waals surface area (Å²) < 4.78 is 6.37. The number of likely N-dealkylation sites (N-methyl/N-ethyl adjacent to an activating group) is 1. The van der Waals surface area contributed by atoms with Gasteiger partial charge in [-0.25, -0.2) is 0 Å². The van der Waals surface area contributed by atoms with Crippen LogP contribution in [0.1, 0.15) is 5.56 Å². The molecular weight excluding hydrogens is 314 g/mol. The normalized spacial score (nSPS) is 16.4. The summed E-state index contributed by atoms with van der Waals surface area (Å²) in [4.78, 5) is 14.1. The molecule has 0 unspecified atom stereocenters. The molecule has 1 aliphatic heterocycles. The van der Waals surface area contributed by atoms with Crippen LogP contribution in [0, 0.1) is 0 Å². The Balaban J connectivity index is 1.83. The molecule has 0 N–H and O–H groups in total.